The van der Waals surface area contributed by atoms with Gasteiger partial charge in [0.15, 0.2) is 5.69 Å². The smallest absolute Gasteiger partial charge is 0.435 e. The number of nitrogens with one attached hydrogen (secondary N) is 1. The van der Waals surface area contributed by atoms with E-state index in [9.17, 15) is 18.0 Å². The molecule has 0 fully saturated rings. The lowest BCUT2D eigenvalue weighted by atomic mass is 10.0. The van der Waals surface area contributed by atoms with E-state index in [1.165, 1.54) is 0 Å². The minimum absolute atomic E-state index is 0.000972. The lowest BCUT2D eigenvalue weighted by Crippen LogP contribution is -2.31. The molecule has 0 aliphatic carbocycles. The SMILES string of the molecule is CC(C)C[C@H](Nc1ccc(C(F)(F)F)nn1)C(=O)O. The fourth-order valence-electron chi connectivity index (χ4n) is 1.43. The Hall–Kier alpha value is -1.86. The van der Waals surface area contributed by atoms with Gasteiger partial charge in [0.1, 0.15) is 11.9 Å². The summed E-state index contributed by atoms with van der Waals surface area (Å²) in [5.74, 6) is -0.965. The van der Waals surface area contributed by atoms with Crippen molar-refractivity contribution in [3.05, 3.63) is 17.8 Å². The quantitative estimate of drug-likeness (QED) is 0.864. The number of aliphatic carboxylic acids is 1. The van der Waals surface area contributed by atoms with Gasteiger partial charge in [0.25, 0.3) is 0 Å². The Kier molecular flexibility index (Phi) is 4.68. The van der Waals surface area contributed by atoms with E-state index < -0.39 is 23.9 Å². The maximum Gasteiger partial charge on any atom is 0.435 e. The molecule has 0 aliphatic rings. The van der Waals surface area contributed by atoms with Crippen LogP contribution in [0.25, 0.3) is 0 Å². The molecule has 1 rings (SSSR count). The molecule has 0 saturated carbocycles. The predicted molar refractivity (Wildman–Crippen MR) is 61.5 cm³/mol. The van der Waals surface area contributed by atoms with Crippen molar-refractivity contribution in [2.24, 2.45) is 5.92 Å². The number of hydrogen-bond donors (Lipinski definition) is 2. The molecular weight excluding hydrogens is 263 g/mol. The second-order valence-electron chi connectivity index (χ2n) is 4.47. The van der Waals surface area contributed by atoms with Crippen molar-refractivity contribution in [1.29, 1.82) is 0 Å². The molecule has 0 saturated heterocycles. The van der Waals surface area contributed by atoms with Crippen molar-refractivity contribution >= 4 is 11.8 Å². The van der Waals surface area contributed by atoms with Crippen LogP contribution < -0.4 is 5.32 Å². The average molecular weight is 277 g/mol. The number of carbonyl (C=O) groups is 1. The maximum atomic E-state index is 12.3. The van der Waals surface area contributed by atoms with Crippen LogP contribution in [0.15, 0.2) is 12.1 Å². The molecular formula is C11H14F3N3O2. The Balaban J connectivity index is 2.78. The van der Waals surface area contributed by atoms with Crippen molar-refractivity contribution in [2.45, 2.75) is 32.5 Å². The highest BCUT2D eigenvalue weighted by atomic mass is 19.4. The first-order chi connectivity index (χ1) is 8.70. The summed E-state index contributed by atoms with van der Waals surface area (Å²) in [6, 6.07) is 0.904. The molecule has 19 heavy (non-hydrogen) atoms. The van der Waals surface area contributed by atoms with Crippen LogP contribution in [0.2, 0.25) is 0 Å². The Bertz CT molecular complexity index is 432. The zero-order valence-electron chi connectivity index (χ0n) is 10.4. The maximum absolute atomic E-state index is 12.3. The highest BCUT2D eigenvalue weighted by molar-refractivity contribution is 5.76. The molecule has 0 aromatic carbocycles. The van der Waals surface area contributed by atoms with Crippen molar-refractivity contribution in [2.75, 3.05) is 5.32 Å². The summed E-state index contributed by atoms with van der Waals surface area (Å²) in [5, 5.41) is 17.9. The van der Waals surface area contributed by atoms with Gasteiger partial charge in [-0.15, -0.1) is 10.2 Å². The number of alkyl halides is 3. The number of carboxylic acid groups (broad SMARTS) is 1. The molecule has 0 amide bonds. The topological polar surface area (TPSA) is 75.1 Å². The lowest BCUT2D eigenvalue weighted by molar-refractivity contribution is -0.142. The third kappa shape index (κ3) is 4.72. The molecule has 5 nitrogen and oxygen atoms in total. The molecule has 1 heterocycles. The van der Waals surface area contributed by atoms with E-state index in [4.69, 9.17) is 5.11 Å². The summed E-state index contributed by atoms with van der Waals surface area (Å²) in [4.78, 5) is 11.0. The number of aromatic nitrogens is 2. The van der Waals surface area contributed by atoms with Crippen molar-refractivity contribution in [3.63, 3.8) is 0 Å². The average Bonchev–Trinajstić information content (AvgIpc) is 2.27. The van der Waals surface area contributed by atoms with E-state index in [1.54, 1.807) is 0 Å². The number of rotatable bonds is 5. The summed E-state index contributed by atoms with van der Waals surface area (Å²) in [5.41, 5.74) is -1.12. The second-order valence-corrected chi connectivity index (χ2v) is 4.47. The molecule has 1 aromatic rings. The standard InChI is InChI=1S/C11H14F3N3O2/c1-6(2)5-7(10(18)19)15-9-4-3-8(16-17-9)11(12,13)14/h3-4,6-7H,5H2,1-2H3,(H,15,17)(H,18,19)/t7-/m0/s1. The lowest BCUT2D eigenvalue weighted by Gasteiger charge is -2.16. The molecule has 0 aliphatic heterocycles. The van der Waals surface area contributed by atoms with Crippen LogP contribution in [0.4, 0.5) is 19.0 Å². The van der Waals surface area contributed by atoms with Crippen LogP contribution in [0, 0.1) is 5.92 Å². The van der Waals surface area contributed by atoms with Gasteiger partial charge in [-0.3, -0.25) is 0 Å². The monoisotopic (exact) mass is 277 g/mol. The minimum atomic E-state index is -4.56. The van der Waals surface area contributed by atoms with Crippen LogP contribution in [-0.2, 0) is 11.0 Å². The van der Waals surface area contributed by atoms with Crippen molar-refractivity contribution < 1.29 is 23.1 Å². The first-order valence-corrected chi connectivity index (χ1v) is 5.60. The molecule has 2 N–H and O–H groups in total. The summed E-state index contributed by atoms with van der Waals surface area (Å²) >= 11 is 0. The van der Waals surface area contributed by atoms with E-state index in [0.29, 0.717) is 6.42 Å². The number of hydrogen-bond acceptors (Lipinski definition) is 4. The Labute approximate surface area is 107 Å². The van der Waals surface area contributed by atoms with E-state index in [0.717, 1.165) is 12.1 Å². The van der Waals surface area contributed by atoms with Crippen LogP contribution in [-0.4, -0.2) is 27.3 Å². The highest BCUT2D eigenvalue weighted by Gasteiger charge is 2.33. The van der Waals surface area contributed by atoms with Crippen molar-refractivity contribution in [3.8, 4) is 0 Å². The number of halogens is 3. The summed E-state index contributed by atoms with van der Waals surface area (Å²) in [6.07, 6.45) is -4.23. The van der Waals surface area contributed by atoms with Crippen LogP contribution in [0.1, 0.15) is 26.0 Å². The normalized spacial score (nSPS) is 13.4. The fourth-order valence-corrected chi connectivity index (χ4v) is 1.43. The highest BCUT2D eigenvalue weighted by Crippen LogP contribution is 2.27. The van der Waals surface area contributed by atoms with Gasteiger partial charge in [-0.1, -0.05) is 13.8 Å². The number of anilines is 1. The van der Waals surface area contributed by atoms with Gasteiger partial charge >= 0.3 is 12.1 Å². The van der Waals surface area contributed by atoms with E-state index in [2.05, 4.69) is 15.5 Å². The Morgan fingerprint density at radius 1 is 1.37 bits per heavy atom. The van der Waals surface area contributed by atoms with Gasteiger partial charge in [-0.2, -0.15) is 13.2 Å². The van der Waals surface area contributed by atoms with Crippen LogP contribution in [0.3, 0.4) is 0 Å². The third-order valence-electron chi connectivity index (χ3n) is 2.28. The molecule has 106 valence electrons. The summed E-state index contributed by atoms with van der Waals surface area (Å²) < 4.78 is 36.8. The van der Waals surface area contributed by atoms with E-state index in [1.807, 2.05) is 13.8 Å². The minimum Gasteiger partial charge on any atom is -0.480 e. The van der Waals surface area contributed by atoms with Gasteiger partial charge < -0.3 is 10.4 Å². The Morgan fingerprint density at radius 3 is 2.37 bits per heavy atom. The summed E-state index contributed by atoms with van der Waals surface area (Å²) in [7, 11) is 0. The first kappa shape index (κ1) is 15.2. The largest absolute Gasteiger partial charge is 0.480 e. The molecule has 1 aromatic heterocycles. The number of carboxylic acids is 1. The molecule has 0 bridgehead atoms. The zero-order valence-corrected chi connectivity index (χ0v) is 10.4. The van der Waals surface area contributed by atoms with Gasteiger partial charge in [-0.05, 0) is 24.5 Å². The van der Waals surface area contributed by atoms with Crippen LogP contribution >= 0.6 is 0 Å². The second kappa shape index (κ2) is 5.85. The number of nitrogens with zero attached hydrogens (tertiary/aromatic N) is 2. The Morgan fingerprint density at radius 2 is 2.00 bits per heavy atom. The van der Waals surface area contributed by atoms with Gasteiger partial charge in [-0.25, -0.2) is 4.79 Å². The van der Waals surface area contributed by atoms with Gasteiger partial charge in [0.2, 0.25) is 0 Å². The van der Waals surface area contributed by atoms with Crippen molar-refractivity contribution in [1.82, 2.24) is 10.2 Å². The molecule has 0 spiro atoms. The van der Waals surface area contributed by atoms with Gasteiger partial charge in [0.05, 0.1) is 0 Å². The van der Waals surface area contributed by atoms with E-state index in [-0.39, 0.29) is 11.7 Å². The predicted octanol–water partition coefficient (Wildman–Crippen LogP) is 2.41. The third-order valence-corrected chi connectivity index (χ3v) is 2.28. The van der Waals surface area contributed by atoms with E-state index >= 15 is 0 Å². The fraction of sp³-hybridized carbons (Fsp3) is 0.545. The first-order valence-electron chi connectivity index (χ1n) is 5.60. The summed E-state index contributed by atoms with van der Waals surface area (Å²) in [6.45, 7) is 3.69. The zero-order chi connectivity index (χ0) is 14.6. The molecule has 8 heteroatoms. The van der Waals surface area contributed by atoms with Gasteiger partial charge in [0, 0.05) is 0 Å². The van der Waals surface area contributed by atoms with Crippen LogP contribution in [0.5, 0.6) is 0 Å². The molecule has 0 radical (unpaired) electrons. The molecule has 1 atom stereocenters. The molecule has 0 unspecified atom stereocenters.